The number of para-hydroxylation sites is 1. The minimum absolute atomic E-state index is 0.0590. The van der Waals surface area contributed by atoms with Gasteiger partial charge in [0.2, 0.25) is 0 Å². The van der Waals surface area contributed by atoms with Crippen molar-refractivity contribution >= 4 is 23.4 Å². The summed E-state index contributed by atoms with van der Waals surface area (Å²) in [7, 11) is 0. The van der Waals surface area contributed by atoms with Crippen molar-refractivity contribution in [2.45, 2.75) is 63.1 Å². The number of nitrogens with zero attached hydrogens (tertiary/aromatic N) is 1. The van der Waals surface area contributed by atoms with Crippen molar-refractivity contribution in [1.82, 2.24) is 10.2 Å². The Balaban J connectivity index is 1.54. The number of fused-ring (bicyclic) bond motifs is 1. The van der Waals surface area contributed by atoms with E-state index in [0.717, 1.165) is 49.7 Å². The summed E-state index contributed by atoms with van der Waals surface area (Å²) in [6, 6.07) is 18.8. The van der Waals surface area contributed by atoms with Crippen LogP contribution in [0.2, 0.25) is 0 Å². The van der Waals surface area contributed by atoms with Crippen LogP contribution in [0.3, 0.4) is 0 Å². The number of furan rings is 1. The Morgan fingerprint density at radius 2 is 1.61 bits per heavy atom. The van der Waals surface area contributed by atoms with Crippen molar-refractivity contribution in [3.63, 3.8) is 0 Å². The molecule has 2 N–H and O–H groups in total. The minimum atomic E-state index is -1.06. The molecule has 1 fully saturated rings. The Morgan fingerprint density at radius 3 is 2.36 bits per heavy atom. The number of aryl methyl sites for hydroxylation is 1. The lowest BCUT2D eigenvalue weighted by molar-refractivity contribution is -0.151. The molecule has 0 radical (unpaired) electrons. The molecule has 0 saturated heterocycles. The van der Waals surface area contributed by atoms with E-state index < -0.39 is 23.9 Å². The van der Waals surface area contributed by atoms with Crippen LogP contribution in [0.15, 0.2) is 77.4 Å². The van der Waals surface area contributed by atoms with Gasteiger partial charge in [-0.15, -0.1) is 0 Å². The fraction of sp³-hybridized carbons (Fsp3) is 0.345. The van der Waals surface area contributed by atoms with Gasteiger partial charge >= 0.3 is 11.8 Å². The van der Waals surface area contributed by atoms with Crippen LogP contribution in [-0.2, 0) is 20.8 Å². The molecular formula is C29H31N3O4. The molecule has 3 amide bonds. The number of amides is 3. The molecule has 1 aromatic heterocycles. The molecule has 5 rings (SSSR count). The number of rotatable bonds is 6. The molecule has 1 saturated carbocycles. The number of anilines is 1. The van der Waals surface area contributed by atoms with Crippen molar-refractivity contribution in [3.05, 3.63) is 89.9 Å². The maximum atomic E-state index is 13.9. The van der Waals surface area contributed by atoms with E-state index in [0.29, 0.717) is 17.9 Å². The van der Waals surface area contributed by atoms with E-state index in [1.54, 1.807) is 36.4 Å². The van der Waals surface area contributed by atoms with E-state index in [2.05, 4.69) is 16.7 Å². The largest absolute Gasteiger partial charge is 0.467 e. The second kappa shape index (κ2) is 10.8. The van der Waals surface area contributed by atoms with E-state index in [1.807, 2.05) is 24.3 Å². The number of carbonyl (C=O) groups excluding carboxylic acids is 3. The third-order valence-corrected chi connectivity index (χ3v) is 7.17. The lowest BCUT2D eigenvalue weighted by Gasteiger charge is -2.39. The van der Waals surface area contributed by atoms with Crippen LogP contribution in [0.1, 0.15) is 67.5 Å². The second-order valence-corrected chi connectivity index (χ2v) is 9.55. The highest BCUT2D eigenvalue weighted by molar-refractivity contribution is 6.40. The highest BCUT2D eigenvalue weighted by atomic mass is 16.3. The van der Waals surface area contributed by atoms with E-state index in [-0.39, 0.29) is 11.9 Å². The Kier molecular flexibility index (Phi) is 7.16. The van der Waals surface area contributed by atoms with E-state index in [4.69, 9.17) is 4.42 Å². The summed E-state index contributed by atoms with van der Waals surface area (Å²) in [5.41, 5.74) is 2.61. The average Bonchev–Trinajstić information content (AvgIpc) is 3.62. The third kappa shape index (κ3) is 5.05. The van der Waals surface area contributed by atoms with Crippen LogP contribution in [-0.4, -0.2) is 28.7 Å². The summed E-state index contributed by atoms with van der Waals surface area (Å²) in [6.45, 7) is 0. The van der Waals surface area contributed by atoms with E-state index >= 15 is 0 Å². The molecule has 3 aromatic rings. The molecular weight excluding hydrogens is 454 g/mol. The normalized spacial score (nSPS) is 18.2. The lowest BCUT2D eigenvalue weighted by atomic mass is 9.85. The summed E-state index contributed by atoms with van der Waals surface area (Å²) >= 11 is 0. The van der Waals surface area contributed by atoms with Crippen LogP contribution in [0.4, 0.5) is 5.69 Å². The summed E-state index contributed by atoms with van der Waals surface area (Å²) in [6.07, 6.45) is 7.83. The predicted octanol–water partition coefficient (Wildman–Crippen LogP) is 4.92. The highest BCUT2D eigenvalue weighted by Gasteiger charge is 2.43. The SMILES string of the molecule is O=C(Nc1ccccc1)C(=O)N([C@H]1CCCc2ccccc21)[C@@H](C(=O)NC1CCCC1)c1ccco1. The zero-order chi connectivity index (χ0) is 24.9. The molecule has 36 heavy (non-hydrogen) atoms. The molecule has 0 aliphatic heterocycles. The maximum Gasteiger partial charge on any atom is 0.313 e. The Labute approximate surface area is 210 Å². The fourth-order valence-electron chi connectivity index (χ4n) is 5.47. The number of benzene rings is 2. The van der Waals surface area contributed by atoms with Gasteiger partial charge in [-0.3, -0.25) is 14.4 Å². The minimum Gasteiger partial charge on any atom is -0.467 e. The van der Waals surface area contributed by atoms with E-state index in [1.165, 1.54) is 11.2 Å². The molecule has 2 aliphatic rings. The summed E-state index contributed by atoms with van der Waals surface area (Å²) in [5, 5.41) is 5.83. The molecule has 2 aromatic carbocycles. The van der Waals surface area contributed by atoms with Gasteiger partial charge in [-0.05, 0) is 67.5 Å². The molecule has 7 heteroatoms. The molecule has 2 aliphatic carbocycles. The molecule has 2 atom stereocenters. The number of nitrogens with one attached hydrogen (secondary N) is 2. The smallest absolute Gasteiger partial charge is 0.313 e. The molecule has 186 valence electrons. The van der Waals surface area contributed by atoms with Crippen LogP contribution >= 0.6 is 0 Å². The van der Waals surface area contributed by atoms with Gasteiger partial charge in [0.25, 0.3) is 5.91 Å². The number of hydrogen-bond acceptors (Lipinski definition) is 4. The Bertz CT molecular complexity index is 1200. The summed E-state index contributed by atoms with van der Waals surface area (Å²) < 4.78 is 5.70. The first-order valence-electron chi connectivity index (χ1n) is 12.7. The first kappa shape index (κ1) is 23.9. The van der Waals surface area contributed by atoms with Gasteiger partial charge in [0.1, 0.15) is 5.76 Å². The number of carbonyl (C=O) groups is 3. The van der Waals surface area contributed by atoms with Crippen LogP contribution in [0.25, 0.3) is 0 Å². The zero-order valence-corrected chi connectivity index (χ0v) is 20.2. The zero-order valence-electron chi connectivity index (χ0n) is 20.2. The van der Waals surface area contributed by atoms with Gasteiger partial charge < -0.3 is 20.0 Å². The monoisotopic (exact) mass is 485 g/mol. The van der Waals surface area contributed by atoms with Crippen molar-refractivity contribution in [3.8, 4) is 0 Å². The number of hydrogen-bond donors (Lipinski definition) is 2. The Hall–Kier alpha value is -3.87. The predicted molar refractivity (Wildman–Crippen MR) is 136 cm³/mol. The van der Waals surface area contributed by atoms with Crippen molar-refractivity contribution in [2.24, 2.45) is 0 Å². The molecule has 0 unspecified atom stereocenters. The van der Waals surface area contributed by atoms with Crippen molar-refractivity contribution in [1.29, 1.82) is 0 Å². The molecule has 0 bridgehead atoms. The van der Waals surface area contributed by atoms with Gasteiger partial charge in [0, 0.05) is 11.7 Å². The van der Waals surface area contributed by atoms with Gasteiger partial charge in [-0.2, -0.15) is 0 Å². The molecule has 1 heterocycles. The fourth-order valence-corrected chi connectivity index (χ4v) is 5.47. The van der Waals surface area contributed by atoms with E-state index in [9.17, 15) is 14.4 Å². The van der Waals surface area contributed by atoms with Crippen LogP contribution < -0.4 is 10.6 Å². The van der Waals surface area contributed by atoms with Crippen LogP contribution in [0.5, 0.6) is 0 Å². The van der Waals surface area contributed by atoms with Crippen molar-refractivity contribution in [2.75, 3.05) is 5.32 Å². The summed E-state index contributed by atoms with van der Waals surface area (Å²) in [4.78, 5) is 42.4. The standard InChI is InChI=1S/C29H31N3O4/c33-27(30-21-14-5-6-15-21)26(25-18-9-19-36-25)32(24-17-8-11-20-10-4-7-16-23(20)24)29(35)28(34)31-22-12-2-1-3-13-22/h1-4,7,9-10,12-13,16,18-19,21,24,26H,5-6,8,11,14-15,17H2,(H,30,33)(H,31,34)/t24-,26+/m0/s1. The molecule has 7 nitrogen and oxygen atoms in total. The van der Waals surface area contributed by atoms with Crippen LogP contribution in [0, 0.1) is 0 Å². The highest BCUT2D eigenvalue weighted by Crippen LogP contribution is 2.40. The second-order valence-electron chi connectivity index (χ2n) is 9.55. The third-order valence-electron chi connectivity index (χ3n) is 7.17. The Morgan fingerprint density at radius 1 is 0.861 bits per heavy atom. The first-order valence-corrected chi connectivity index (χ1v) is 12.7. The van der Waals surface area contributed by atoms with Gasteiger partial charge in [0.15, 0.2) is 6.04 Å². The maximum absolute atomic E-state index is 13.9. The topological polar surface area (TPSA) is 91.7 Å². The molecule has 0 spiro atoms. The first-order chi connectivity index (χ1) is 17.6. The van der Waals surface area contributed by atoms with Gasteiger partial charge in [-0.25, -0.2) is 0 Å². The van der Waals surface area contributed by atoms with Gasteiger partial charge in [0.05, 0.1) is 12.3 Å². The summed E-state index contributed by atoms with van der Waals surface area (Å²) in [5.74, 6) is -1.52. The van der Waals surface area contributed by atoms with Gasteiger partial charge in [-0.1, -0.05) is 55.3 Å². The quantitative estimate of drug-likeness (QED) is 0.485. The average molecular weight is 486 g/mol. The van der Waals surface area contributed by atoms with Crippen molar-refractivity contribution < 1.29 is 18.8 Å². The lowest BCUT2D eigenvalue weighted by Crippen LogP contribution is -2.50.